The molecule has 0 spiro atoms. The summed E-state index contributed by atoms with van der Waals surface area (Å²) in [4.78, 5) is 36.6. The third kappa shape index (κ3) is 5.08. The maximum atomic E-state index is 12.8. The molecule has 0 fully saturated rings. The molecule has 5 aromatic rings. The molecule has 0 aliphatic rings. The molecule has 0 aliphatic heterocycles. The van der Waals surface area contributed by atoms with Crippen molar-refractivity contribution in [3.63, 3.8) is 0 Å². The van der Waals surface area contributed by atoms with Crippen molar-refractivity contribution in [3.8, 4) is 16.9 Å². The zero-order valence-corrected chi connectivity index (χ0v) is 21.4. The van der Waals surface area contributed by atoms with Gasteiger partial charge in [0.05, 0.1) is 38.7 Å². The average molecular weight is 534 g/mol. The molecule has 3 aromatic heterocycles. The molecule has 186 valence electrons. The molecule has 0 atom stereocenters. The largest absolute Gasteiger partial charge is 0.384 e. The Bertz CT molecular complexity index is 1650. The second kappa shape index (κ2) is 10.1. The summed E-state index contributed by atoms with van der Waals surface area (Å²) in [6.45, 7) is 0.703. The smallest absolute Gasteiger partial charge is 0.355 e. The number of halogens is 2. The van der Waals surface area contributed by atoms with Crippen molar-refractivity contribution in [2.24, 2.45) is 0 Å². The minimum absolute atomic E-state index is 0.0820. The molecule has 0 saturated carbocycles. The molecular formula is C25H21Cl2N9O. The third-order valence-corrected chi connectivity index (χ3v) is 6.05. The molecule has 3 heterocycles. The van der Waals surface area contributed by atoms with E-state index in [9.17, 15) is 4.79 Å². The normalized spacial score (nSPS) is 11.3. The van der Waals surface area contributed by atoms with Crippen molar-refractivity contribution in [3.05, 3.63) is 87.3 Å². The first kappa shape index (κ1) is 24.6. The lowest BCUT2D eigenvalue weighted by Crippen LogP contribution is -2.25. The molecule has 0 bridgehead atoms. The van der Waals surface area contributed by atoms with Crippen LogP contribution in [0.15, 0.2) is 65.8 Å². The van der Waals surface area contributed by atoms with Crippen LogP contribution in [-0.2, 0) is 6.54 Å². The zero-order valence-electron chi connectivity index (χ0n) is 19.9. The van der Waals surface area contributed by atoms with Gasteiger partial charge in [-0.1, -0.05) is 41.4 Å². The van der Waals surface area contributed by atoms with Crippen LogP contribution >= 0.6 is 23.2 Å². The summed E-state index contributed by atoms with van der Waals surface area (Å²) in [6.07, 6.45) is 4.98. The fraction of sp³-hybridized carbons (Fsp3) is 0.120. The van der Waals surface area contributed by atoms with Crippen LogP contribution < -0.4 is 16.7 Å². The third-order valence-electron chi connectivity index (χ3n) is 5.44. The number of fused-ring (bicyclic) bond motifs is 1. The highest BCUT2D eigenvalue weighted by Gasteiger charge is 2.17. The highest BCUT2D eigenvalue weighted by atomic mass is 35.5. The molecule has 5 rings (SSSR count). The predicted octanol–water partition coefficient (Wildman–Crippen LogP) is 4.33. The minimum atomic E-state index is -0.661. The number of nitrogens with zero attached hydrogens (tertiary/aromatic N) is 7. The van der Waals surface area contributed by atoms with Crippen molar-refractivity contribution < 1.29 is 0 Å². The van der Waals surface area contributed by atoms with E-state index < -0.39 is 5.69 Å². The van der Waals surface area contributed by atoms with Crippen molar-refractivity contribution in [2.45, 2.75) is 6.54 Å². The van der Waals surface area contributed by atoms with Gasteiger partial charge in [-0.25, -0.2) is 19.3 Å². The molecule has 12 heteroatoms. The molecule has 0 saturated heterocycles. The maximum Gasteiger partial charge on any atom is 0.355 e. The average Bonchev–Trinajstić information content (AvgIpc) is 2.86. The van der Waals surface area contributed by atoms with Gasteiger partial charge in [0.2, 0.25) is 5.95 Å². The van der Waals surface area contributed by atoms with Crippen LogP contribution in [-0.4, -0.2) is 48.5 Å². The Kier molecular flexibility index (Phi) is 6.70. The van der Waals surface area contributed by atoms with Gasteiger partial charge < -0.3 is 16.0 Å². The van der Waals surface area contributed by atoms with E-state index in [4.69, 9.17) is 28.9 Å². The summed E-state index contributed by atoms with van der Waals surface area (Å²) < 4.78 is 1.15. The molecule has 37 heavy (non-hydrogen) atoms. The second-order valence-corrected chi connectivity index (χ2v) is 9.27. The lowest BCUT2D eigenvalue weighted by Gasteiger charge is -2.14. The van der Waals surface area contributed by atoms with E-state index in [0.717, 1.165) is 27.2 Å². The molecular weight excluding hydrogens is 513 g/mol. The van der Waals surface area contributed by atoms with Crippen LogP contribution in [0.4, 0.5) is 17.5 Å². The Morgan fingerprint density at radius 1 is 0.973 bits per heavy atom. The fourth-order valence-corrected chi connectivity index (χ4v) is 4.35. The monoisotopic (exact) mass is 533 g/mol. The van der Waals surface area contributed by atoms with Crippen LogP contribution in [0.5, 0.6) is 0 Å². The number of anilines is 3. The summed E-state index contributed by atoms with van der Waals surface area (Å²) >= 11 is 12.5. The first-order chi connectivity index (χ1) is 17.8. The van der Waals surface area contributed by atoms with Gasteiger partial charge in [-0.15, -0.1) is 0 Å². The Morgan fingerprint density at radius 2 is 1.70 bits per heavy atom. The minimum Gasteiger partial charge on any atom is -0.384 e. The lowest BCUT2D eigenvalue weighted by molar-refractivity contribution is 0.396. The number of hydrogen-bond acceptors (Lipinski definition) is 9. The Balaban J connectivity index is 1.42. The first-order valence-electron chi connectivity index (χ1n) is 11.1. The van der Waals surface area contributed by atoms with E-state index in [2.05, 4.69) is 30.2 Å². The second-order valence-electron chi connectivity index (χ2n) is 8.45. The van der Waals surface area contributed by atoms with Gasteiger partial charge in [0.1, 0.15) is 5.82 Å². The predicted molar refractivity (Wildman–Crippen MR) is 146 cm³/mol. The summed E-state index contributed by atoms with van der Waals surface area (Å²) in [5.74, 6) is 0.339. The molecule has 0 radical (unpaired) electrons. The summed E-state index contributed by atoms with van der Waals surface area (Å²) in [5.41, 5.74) is 9.36. The van der Waals surface area contributed by atoms with Gasteiger partial charge >= 0.3 is 5.69 Å². The molecule has 10 nitrogen and oxygen atoms in total. The van der Waals surface area contributed by atoms with Crippen molar-refractivity contribution in [2.75, 3.05) is 25.1 Å². The number of nitrogen functional groups attached to an aromatic ring is 1. The van der Waals surface area contributed by atoms with Gasteiger partial charge in [0.25, 0.3) is 0 Å². The number of benzene rings is 2. The maximum absolute atomic E-state index is 12.8. The standard InChI is InChI=1S/C25H21Cl2N9O/c1-35(2)13-16-10-29-12-20(31-16)14-6-8-15(9-7-14)32-24-30-11-17-22(28)36(25(37)34-23(17)33-24)21-18(26)4-3-5-19(21)27/h3-12H,13,28H2,1-2H3,(H,32,33,34,37). The number of aromatic nitrogens is 6. The van der Waals surface area contributed by atoms with Gasteiger partial charge in [0.15, 0.2) is 5.65 Å². The van der Waals surface area contributed by atoms with E-state index in [0.29, 0.717) is 11.9 Å². The van der Waals surface area contributed by atoms with Gasteiger partial charge in [-0.3, -0.25) is 4.98 Å². The Morgan fingerprint density at radius 3 is 2.41 bits per heavy atom. The number of nitrogens with one attached hydrogen (secondary N) is 1. The van der Waals surface area contributed by atoms with E-state index >= 15 is 0 Å². The van der Waals surface area contributed by atoms with Gasteiger partial charge in [0, 0.05) is 30.2 Å². The Labute approximate surface area is 221 Å². The highest BCUT2D eigenvalue weighted by Crippen LogP contribution is 2.30. The molecule has 0 amide bonds. The van der Waals surface area contributed by atoms with Crippen LogP contribution in [0.2, 0.25) is 10.0 Å². The van der Waals surface area contributed by atoms with Crippen LogP contribution in [0.25, 0.3) is 28.0 Å². The van der Waals surface area contributed by atoms with Crippen LogP contribution in [0, 0.1) is 0 Å². The molecule has 3 N–H and O–H groups in total. The molecule has 0 unspecified atom stereocenters. The van der Waals surface area contributed by atoms with Crippen molar-refractivity contribution >= 4 is 51.7 Å². The van der Waals surface area contributed by atoms with Gasteiger partial charge in [-0.2, -0.15) is 9.97 Å². The van der Waals surface area contributed by atoms with Crippen LogP contribution in [0.1, 0.15) is 5.69 Å². The topological polar surface area (TPSA) is 128 Å². The lowest BCUT2D eigenvalue weighted by atomic mass is 10.1. The zero-order chi connectivity index (χ0) is 26.1. The SMILES string of the molecule is CN(C)Cc1cncc(-c2ccc(Nc3ncc4c(N)n(-c5c(Cl)cccc5Cl)c(=O)nc4n3)cc2)n1. The van der Waals surface area contributed by atoms with E-state index in [-0.39, 0.29) is 33.1 Å². The fourth-order valence-electron chi connectivity index (χ4n) is 3.78. The van der Waals surface area contributed by atoms with Crippen molar-refractivity contribution in [1.82, 2.24) is 34.4 Å². The molecule has 0 aliphatic carbocycles. The summed E-state index contributed by atoms with van der Waals surface area (Å²) in [6, 6.07) is 12.5. The number of nitrogens with two attached hydrogens (primary N) is 1. The van der Waals surface area contributed by atoms with Gasteiger partial charge in [-0.05, 0) is 38.4 Å². The first-order valence-corrected chi connectivity index (χ1v) is 11.9. The Hall–Kier alpha value is -4.12. The summed E-state index contributed by atoms with van der Waals surface area (Å²) in [7, 11) is 3.97. The van der Waals surface area contributed by atoms with E-state index in [1.54, 1.807) is 30.6 Å². The van der Waals surface area contributed by atoms with Crippen molar-refractivity contribution in [1.29, 1.82) is 0 Å². The number of para-hydroxylation sites is 1. The quantitative estimate of drug-likeness (QED) is 0.327. The highest BCUT2D eigenvalue weighted by molar-refractivity contribution is 6.37. The van der Waals surface area contributed by atoms with E-state index in [1.165, 1.54) is 6.20 Å². The number of rotatable bonds is 6. The van der Waals surface area contributed by atoms with Crippen LogP contribution in [0.3, 0.4) is 0 Å². The number of hydrogen-bond donors (Lipinski definition) is 2. The summed E-state index contributed by atoms with van der Waals surface area (Å²) in [5, 5.41) is 4.03. The molecule has 2 aromatic carbocycles. The van der Waals surface area contributed by atoms with E-state index in [1.807, 2.05) is 43.3 Å².